The van der Waals surface area contributed by atoms with Crippen LogP contribution in [-0.2, 0) is 10.1 Å². The van der Waals surface area contributed by atoms with Gasteiger partial charge in [-0.2, -0.15) is 0 Å². The molecule has 5 N–H and O–H groups in total. The molecule has 0 aliphatic rings. The van der Waals surface area contributed by atoms with E-state index in [1.807, 2.05) is 0 Å². The zero-order valence-electron chi connectivity index (χ0n) is 9.52. The summed E-state index contributed by atoms with van der Waals surface area (Å²) in [5.41, 5.74) is 10.5. The van der Waals surface area contributed by atoms with Crippen LogP contribution < -0.4 is 16.4 Å². The van der Waals surface area contributed by atoms with Crippen LogP contribution in [0.5, 0.6) is 0 Å². The van der Waals surface area contributed by atoms with Crippen LogP contribution in [0.2, 0.25) is 0 Å². The van der Waals surface area contributed by atoms with E-state index in [0.29, 0.717) is 0 Å². The number of para-hydroxylation sites is 1. The predicted molar refractivity (Wildman–Crippen MR) is 62.0 cm³/mol. The Morgan fingerprint density at radius 2 is 1.62 bits per heavy atom. The summed E-state index contributed by atoms with van der Waals surface area (Å²) in [7, 11) is 1.74. The van der Waals surface area contributed by atoms with E-state index >= 15 is 0 Å². The monoisotopic (exact) mass is 247 g/mol. The molecule has 1 rings (SSSR count). The van der Waals surface area contributed by atoms with Gasteiger partial charge in [-0.25, -0.2) is 8.42 Å². The number of nitrogens with one attached hydrogen (secondary N) is 1. The molecule has 0 radical (unpaired) electrons. The van der Waals surface area contributed by atoms with Crippen LogP contribution >= 0.6 is 0 Å². The van der Waals surface area contributed by atoms with Gasteiger partial charge in [-0.15, -0.1) is 0 Å². The fourth-order valence-electron chi connectivity index (χ4n) is 0.779. The minimum atomic E-state index is -4.51. The smallest absolute Gasteiger partial charge is 0.126 e. The average molecular weight is 247 g/mol. The highest BCUT2D eigenvalue weighted by Gasteiger charge is 2.07. The first kappa shape index (κ1) is 14.7. The quantitative estimate of drug-likeness (QED) is 0.413. The second-order valence-corrected chi connectivity index (χ2v) is 5.06. The maximum absolute atomic E-state index is 10.5. The third-order valence-electron chi connectivity index (χ3n) is 1.37. The van der Waals surface area contributed by atoms with Crippen molar-refractivity contribution in [1.82, 2.24) is 0 Å². The van der Waals surface area contributed by atoms with E-state index in [0.717, 1.165) is 6.07 Å². The second-order valence-electron chi connectivity index (χ2n) is 3.71. The molecule has 1 aromatic rings. The first-order chi connectivity index (χ1) is 7.16. The van der Waals surface area contributed by atoms with E-state index in [4.69, 9.17) is 11.5 Å². The molecule has 6 nitrogen and oxygen atoms in total. The van der Waals surface area contributed by atoms with Gasteiger partial charge in [0.2, 0.25) is 0 Å². The van der Waals surface area contributed by atoms with E-state index in [2.05, 4.69) is 21.1 Å². The van der Waals surface area contributed by atoms with Crippen LogP contribution in [0.1, 0.15) is 0 Å². The molecule has 0 saturated heterocycles. The molecular formula is C9H17N3O3S. The molecule has 0 fully saturated rings. The maximum Gasteiger partial charge on any atom is 0.126 e. The summed E-state index contributed by atoms with van der Waals surface area (Å²) in [6.45, 7) is 0. The molecule has 16 heavy (non-hydrogen) atoms. The molecule has 0 aliphatic carbocycles. The summed E-state index contributed by atoms with van der Waals surface area (Å²) >= 11 is 0. The van der Waals surface area contributed by atoms with Gasteiger partial charge in [0.1, 0.15) is 10.1 Å². The molecule has 0 saturated carbocycles. The Bertz CT molecular complexity index is 441. The Morgan fingerprint density at radius 1 is 1.19 bits per heavy atom. The highest BCUT2D eigenvalue weighted by Crippen LogP contribution is 2.23. The van der Waals surface area contributed by atoms with E-state index < -0.39 is 15.0 Å². The van der Waals surface area contributed by atoms with Crippen molar-refractivity contribution in [3.05, 3.63) is 18.2 Å². The zero-order valence-corrected chi connectivity index (χ0v) is 10.3. The van der Waals surface area contributed by atoms with Gasteiger partial charge in [0.25, 0.3) is 0 Å². The van der Waals surface area contributed by atoms with Crippen LogP contribution in [0, 0.1) is 0 Å². The van der Waals surface area contributed by atoms with Gasteiger partial charge in [0, 0.05) is 0 Å². The third kappa shape index (κ3) is 4.96. The largest absolute Gasteiger partial charge is 0.744 e. The van der Waals surface area contributed by atoms with E-state index in [1.54, 1.807) is 0 Å². The van der Waals surface area contributed by atoms with Crippen molar-refractivity contribution >= 4 is 21.5 Å². The highest BCUT2D eigenvalue weighted by atomic mass is 32.2. The molecule has 0 spiro atoms. The van der Waals surface area contributed by atoms with E-state index in [-0.39, 0.29) is 11.4 Å². The molecular weight excluding hydrogens is 230 g/mol. The van der Waals surface area contributed by atoms with Crippen molar-refractivity contribution in [2.24, 2.45) is 0 Å². The van der Waals surface area contributed by atoms with Crippen molar-refractivity contribution in [3.8, 4) is 0 Å². The highest BCUT2D eigenvalue weighted by molar-refractivity contribution is 7.86. The average Bonchev–Trinajstić information content (AvgIpc) is 2.06. The number of nitrogen functional groups attached to an aromatic ring is 2. The lowest BCUT2D eigenvalue weighted by molar-refractivity contribution is -0.836. The molecule has 0 aromatic heterocycles. The minimum absolute atomic E-state index is 0.0897. The summed E-state index contributed by atoms with van der Waals surface area (Å²) in [5, 5.41) is 0. The Morgan fingerprint density at radius 3 is 1.94 bits per heavy atom. The molecule has 7 heteroatoms. The summed E-state index contributed by atoms with van der Waals surface area (Å²) < 4.78 is 31.5. The zero-order chi connectivity index (χ0) is 12.9. The van der Waals surface area contributed by atoms with Crippen LogP contribution in [0.4, 0.5) is 11.4 Å². The molecule has 0 amide bonds. The number of hydrogen-bond donors (Lipinski definition) is 3. The van der Waals surface area contributed by atoms with Crippen LogP contribution in [0.15, 0.2) is 23.1 Å². The fourth-order valence-corrected chi connectivity index (χ4v) is 1.41. The number of quaternary nitrogens is 1. The first-order valence-corrected chi connectivity index (χ1v) is 5.93. The topological polar surface area (TPSA) is 114 Å². The second kappa shape index (κ2) is 5.69. The normalized spacial score (nSPS) is 10.8. The van der Waals surface area contributed by atoms with Gasteiger partial charge < -0.3 is 20.9 Å². The number of anilines is 2. The van der Waals surface area contributed by atoms with Crippen molar-refractivity contribution < 1.29 is 17.9 Å². The minimum Gasteiger partial charge on any atom is -0.744 e. The van der Waals surface area contributed by atoms with Crippen LogP contribution in [-0.4, -0.2) is 34.1 Å². The molecule has 0 atom stereocenters. The van der Waals surface area contributed by atoms with E-state index in [1.165, 1.54) is 17.0 Å². The third-order valence-corrected chi connectivity index (χ3v) is 2.26. The van der Waals surface area contributed by atoms with Crippen molar-refractivity contribution in [2.75, 3.05) is 32.6 Å². The maximum atomic E-state index is 10.5. The van der Waals surface area contributed by atoms with Crippen LogP contribution in [0.3, 0.4) is 0 Å². The molecule has 0 unspecified atom stereocenters. The van der Waals surface area contributed by atoms with Gasteiger partial charge in [0.15, 0.2) is 0 Å². The summed E-state index contributed by atoms with van der Waals surface area (Å²) in [6, 6.07) is 3.90. The fraction of sp³-hybridized carbons (Fsp3) is 0.333. The Hall–Kier alpha value is -1.31. The Balaban J connectivity index is 0.000000487. The Kier molecular flexibility index (Phi) is 5.22. The molecule has 0 aliphatic heterocycles. The number of nitrogens with two attached hydrogens (primary N) is 2. The lowest BCUT2D eigenvalue weighted by Gasteiger charge is -2.10. The molecule has 0 bridgehead atoms. The standard InChI is InChI=1S/C6H8N2O3S.C3H9N/c7-4-2-1-3-5(6(4)8)12(9,10)11;1-4(2)3/h1-3H,7-8H2,(H,9,10,11);1-3H3. The number of benzene rings is 1. The summed E-state index contributed by atoms with van der Waals surface area (Å²) in [6.07, 6.45) is 0. The van der Waals surface area contributed by atoms with Crippen molar-refractivity contribution in [2.45, 2.75) is 4.90 Å². The number of rotatable bonds is 1. The summed E-state index contributed by atoms with van der Waals surface area (Å²) in [5.74, 6) is 0. The predicted octanol–water partition coefficient (Wildman–Crippen LogP) is -1.48. The number of hydrogen-bond acceptors (Lipinski definition) is 5. The lowest BCUT2D eigenvalue weighted by Crippen LogP contribution is -3.02. The SMILES string of the molecule is C[NH+](C)C.Nc1cccc(S(=O)(=O)[O-])c1N. The van der Waals surface area contributed by atoms with Gasteiger partial charge >= 0.3 is 0 Å². The van der Waals surface area contributed by atoms with Crippen molar-refractivity contribution in [1.29, 1.82) is 0 Å². The molecule has 1 aromatic carbocycles. The van der Waals surface area contributed by atoms with Gasteiger partial charge in [-0.05, 0) is 12.1 Å². The van der Waals surface area contributed by atoms with Gasteiger partial charge in [0.05, 0.1) is 37.4 Å². The molecule has 0 heterocycles. The van der Waals surface area contributed by atoms with Gasteiger partial charge in [-0.1, -0.05) is 6.07 Å². The van der Waals surface area contributed by atoms with Crippen LogP contribution in [0.25, 0.3) is 0 Å². The first-order valence-electron chi connectivity index (χ1n) is 4.53. The van der Waals surface area contributed by atoms with Gasteiger partial charge in [-0.3, -0.25) is 0 Å². The molecule has 92 valence electrons. The lowest BCUT2D eigenvalue weighted by atomic mass is 10.3. The van der Waals surface area contributed by atoms with Crippen molar-refractivity contribution in [3.63, 3.8) is 0 Å². The summed E-state index contributed by atoms with van der Waals surface area (Å²) in [4.78, 5) is 0.947. The Labute approximate surface area is 95.6 Å². The van der Waals surface area contributed by atoms with E-state index in [9.17, 15) is 13.0 Å².